The number of rotatable bonds is 5. The Morgan fingerprint density at radius 3 is 2.39 bits per heavy atom. The lowest BCUT2D eigenvalue weighted by Crippen LogP contribution is -2.25. The molecule has 2 aromatic carbocycles. The van der Waals surface area contributed by atoms with Crippen LogP contribution in [0.2, 0.25) is 0 Å². The van der Waals surface area contributed by atoms with Gasteiger partial charge in [-0.1, -0.05) is 53.6 Å². The zero-order valence-corrected chi connectivity index (χ0v) is 17.1. The van der Waals surface area contributed by atoms with Crippen LogP contribution < -0.4 is 10.1 Å². The van der Waals surface area contributed by atoms with Crippen molar-refractivity contribution in [3.8, 4) is 5.75 Å². The summed E-state index contributed by atoms with van der Waals surface area (Å²) < 4.78 is 11.2. The number of ether oxygens (including phenoxy) is 2. The van der Waals surface area contributed by atoms with E-state index in [1.165, 1.54) is 18.2 Å². The van der Waals surface area contributed by atoms with Crippen molar-refractivity contribution in [3.05, 3.63) is 87.8 Å². The van der Waals surface area contributed by atoms with Crippen LogP contribution in [0, 0.1) is 13.8 Å². The first-order valence-electron chi connectivity index (χ1n) is 9.42. The second kappa shape index (κ2) is 8.34. The highest BCUT2D eigenvalue weighted by Crippen LogP contribution is 2.37. The number of hydrogen-bond donors (Lipinski definition) is 1. The maximum Gasteiger partial charge on any atom is 0.336 e. The van der Waals surface area contributed by atoms with Gasteiger partial charge in [0.25, 0.3) is 0 Å². The minimum absolute atomic E-state index is 0.218. The molecule has 1 atom stereocenters. The molecule has 1 heterocycles. The molecule has 0 aliphatic carbocycles. The minimum Gasteiger partial charge on any atom is -0.489 e. The van der Waals surface area contributed by atoms with Crippen LogP contribution in [0.1, 0.15) is 42.0 Å². The molecule has 3 rings (SSSR count). The van der Waals surface area contributed by atoms with E-state index < -0.39 is 0 Å². The fourth-order valence-corrected chi connectivity index (χ4v) is 3.79. The number of esters is 1. The van der Waals surface area contributed by atoms with E-state index in [9.17, 15) is 4.79 Å². The molecule has 0 fully saturated rings. The van der Waals surface area contributed by atoms with Gasteiger partial charge in [0.15, 0.2) is 0 Å². The van der Waals surface area contributed by atoms with Crippen molar-refractivity contribution in [2.45, 2.75) is 40.2 Å². The minimum atomic E-state index is -0.331. The van der Waals surface area contributed by atoms with Crippen molar-refractivity contribution in [1.82, 2.24) is 5.32 Å². The molecule has 0 saturated carbocycles. The summed E-state index contributed by atoms with van der Waals surface area (Å²) >= 11 is 0. The Hall–Kier alpha value is -3.01. The number of hydrogen-bond acceptors (Lipinski definition) is 4. The molecule has 0 spiro atoms. The maximum absolute atomic E-state index is 12.4. The van der Waals surface area contributed by atoms with Crippen LogP contribution >= 0.6 is 0 Å². The highest BCUT2D eigenvalue weighted by molar-refractivity contribution is 5.92. The number of carbonyl (C=O) groups is 1. The second-order valence-corrected chi connectivity index (χ2v) is 7.31. The van der Waals surface area contributed by atoms with Crippen LogP contribution in [0.5, 0.6) is 5.75 Å². The predicted octanol–water partition coefficient (Wildman–Crippen LogP) is 4.92. The van der Waals surface area contributed by atoms with Crippen LogP contribution in [-0.2, 0) is 16.1 Å². The third kappa shape index (κ3) is 4.28. The Morgan fingerprint density at radius 2 is 1.71 bits per heavy atom. The van der Waals surface area contributed by atoms with Crippen molar-refractivity contribution in [3.63, 3.8) is 0 Å². The van der Waals surface area contributed by atoms with Crippen LogP contribution in [-0.4, -0.2) is 13.1 Å². The predicted molar refractivity (Wildman–Crippen MR) is 111 cm³/mol. The first-order valence-corrected chi connectivity index (χ1v) is 9.42. The smallest absolute Gasteiger partial charge is 0.336 e. The average molecular weight is 377 g/mol. The van der Waals surface area contributed by atoms with Gasteiger partial charge in [0.2, 0.25) is 0 Å². The van der Waals surface area contributed by atoms with Crippen molar-refractivity contribution < 1.29 is 14.3 Å². The van der Waals surface area contributed by atoms with Gasteiger partial charge in [-0.05, 0) is 39.3 Å². The van der Waals surface area contributed by atoms with E-state index in [1.807, 2.05) is 44.2 Å². The zero-order valence-electron chi connectivity index (χ0n) is 17.1. The molecule has 2 aromatic rings. The van der Waals surface area contributed by atoms with Crippen molar-refractivity contribution in [1.29, 1.82) is 0 Å². The SMILES string of the molecule is COC(=O)C1=C(C)NC(C)=CC1c1ccccc1OCc1cc(C)cc(C)c1. The Morgan fingerprint density at radius 1 is 1.04 bits per heavy atom. The number of nitrogens with one attached hydrogen (secondary N) is 1. The van der Waals surface area contributed by atoms with Crippen molar-refractivity contribution >= 4 is 5.97 Å². The summed E-state index contributed by atoms with van der Waals surface area (Å²) in [5.41, 5.74) is 6.93. The summed E-state index contributed by atoms with van der Waals surface area (Å²) in [6.45, 7) is 8.54. The van der Waals surface area contributed by atoms with E-state index in [0.717, 1.165) is 28.3 Å². The summed E-state index contributed by atoms with van der Waals surface area (Å²) in [6, 6.07) is 14.3. The third-order valence-corrected chi connectivity index (χ3v) is 4.85. The quantitative estimate of drug-likeness (QED) is 0.752. The Labute approximate surface area is 166 Å². The van der Waals surface area contributed by atoms with Crippen molar-refractivity contribution in [2.75, 3.05) is 7.11 Å². The monoisotopic (exact) mass is 377 g/mol. The third-order valence-electron chi connectivity index (χ3n) is 4.85. The molecule has 146 valence electrons. The van der Waals surface area contributed by atoms with E-state index >= 15 is 0 Å². The molecule has 1 unspecified atom stereocenters. The highest BCUT2D eigenvalue weighted by atomic mass is 16.5. The number of methoxy groups -OCH3 is 1. The van der Waals surface area contributed by atoms with Gasteiger partial charge in [-0.15, -0.1) is 0 Å². The summed E-state index contributed by atoms with van der Waals surface area (Å²) in [4.78, 5) is 12.4. The average Bonchev–Trinajstić information content (AvgIpc) is 2.64. The zero-order chi connectivity index (χ0) is 20.3. The molecule has 0 amide bonds. The topological polar surface area (TPSA) is 47.6 Å². The Balaban J connectivity index is 1.94. The van der Waals surface area contributed by atoms with Gasteiger partial charge in [0.05, 0.1) is 12.7 Å². The second-order valence-electron chi connectivity index (χ2n) is 7.31. The van der Waals surface area contributed by atoms with E-state index in [0.29, 0.717) is 12.2 Å². The Bertz CT molecular complexity index is 936. The molecule has 0 aromatic heterocycles. The molecule has 1 aliphatic rings. The summed E-state index contributed by atoms with van der Waals surface area (Å²) in [5.74, 6) is 0.221. The summed E-state index contributed by atoms with van der Waals surface area (Å²) in [5, 5.41) is 3.23. The van der Waals surface area contributed by atoms with Crippen LogP contribution in [0.3, 0.4) is 0 Å². The lowest BCUT2D eigenvalue weighted by atomic mass is 9.86. The molecule has 4 nitrogen and oxygen atoms in total. The van der Waals surface area contributed by atoms with Crippen molar-refractivity contribution in [2.24, 2.45) is 0 Å². The maximum atomic E-state index is 12.4. The van der Waals surface area contributed by atoms with E-state index in [2.05, 4.69) is 37.4 Å². The Kier molecular flexibility index (Phi) is 5.88. The van der Waals surface area contributed by atoms with Gasteiger partial charge < -0.3 is 14.8 Å². The lowest BCUT2D eigenvalue weighted by Gasteiger charge is -2.26. The number of para-hydroxylation sites is 1. The molecule has 1 N–H and O–H groups in total. The molecule has 4 heteroatoms. The number of aryl methyl sites for hydroxylation is 2. The molecule has 0 bridgehead atoms. The van der Waals surface area contributed by atoms with Gasteiger partial charge in [-0.25, -0.2) is 4.79 Å². The van der Waals surface area contributed by atoms with E-state index in [4.69, 9.17) is 9.47 Å². The molecule has 0 radical (unpaired) electrons. The molecular weight excluding hydrogens is 350 g/mol. The molecular formula is C24H27NO3. The summed E-state index contributed by atoms with van der Waals surface area (Å²) in [6.07, 6.45) is 2.04. The van der Waals surface area contributed by atoms with E-state index in [-0.39, 0.29) is 11.9 Å². The van der Waals surface area contributed by atoms with Gasteiger partial charge in [-0.2, -0.15) is 0 Å². The first kappa shape index (κ1) is 19.7. The molecule has 28 heavy (non-hydrogen) atoms. The van der Waals surface area contributed by atoms with Gasteiger partial charge in [-0.3, -0.25) is 0 Å². The first-order chi connectivity index (χ1) is 13.4. The normalized spacial score (nSPS) is 16.3. The summed E-state index contributed by atoms with van der Waals surface area (Å²) in [7, 11) is 1.41. The standard InChI is InChI=1S/C24H27NO3/c1-15-10-16(2)12-19(11-15)14-28-22-9-7-6-8-20(22)21-13-17(3)25-18(4)23(21)24(26)27-5/h6-13,21,25H,14H2,1-5H3. The van der Waals surface area contributed by atoms with Crippen LogP contribution in [0.15, 0.2) is 65.5 Å². The lowest BCUT2D eigenvalue weighted by molar-refractivity contribution is -0.136. The number of benzene rings is 2. The largest absolute Gasteiger partial charge is 0.489 e. The van der Waals surface area contributed by atoms with Gasteiger partial charge in [0.1, 0.15) is 12.4 Å². The van der Waals surface area contributed by atoms with E-state index in [1.54, 1.807) is 0 Å². The molecule has 0 saturated heterocycles. The fraction of sp³-hybridized carbons (Fsp3) is 0.292. The number of carbonyl (C=O) groups excluding carboxylic acids is 1. The van der Waals surface area contributed by atoms with Gasteiger partial charge in [0, 0.05) is 22.9 Å². The highest BCUT2D eigenvalue weighted by Gasteiger charge is 2.29. The van der Waals surface area contributed by atoms with Gasteiger partial charge >= 0.3 is 5.97 Å². The van der Waals surface area contributed by atoms with Crippen LogP contribution in [0.25, 0.3) is 0 Å². The fourth-order valence-electron chi connectivity index (χ4n) is 3.79. The number of dihydropyridines is 1. The molecule has 1 aliphatic heterocycles. The van der Waals surface area contributed by atoms with Crippen LogP contribution in [0.4, 0.5) is 0 Å². The number of allylic oxidation sites excluding steroid dienone is 3.